The second-order valence-corrected chi connectivity index (χ2v) is 11.0. The molecule has 3 aromatic rings. The number of halogens is 2. The first-order valence-electron chi connectivity index (χ1n) is 11.3. The molecule has 0 spiro atoms. The normalized spacial score (nSPS) is 17.6. The van der Waals surface area contributed by atoms with Gasteiger partial charge in [0.05, 0.1) is 23.3 Å². The van der Waals surface area contributed by atoms with Crippen molar-refractivity contribution in [3.63, 3.8) is 0 Å². The maximum atomic E-state index is 14.8. The number of rotatable bonds is 6. The van der Waals surface area contributed by atoms with E-state index in [1.54, 1.807) is 47.4 Å². The summed E-state index contributed by atoms with van der Waals surface area (Å²) in [5, 5.41) is 19.4. The third-order valence-electron chi connectivity index (χ3n) is 6.21. The first kappa shape index (κ1) is 25.1. The number of benzene rings is 2. The van der Waals surface area contributed by atoms with Gasteiger partial charge in [0, 0.05) is 33.8 Å². The Labute approximate surface area is 225 Å². The molecule has 186 valence electrons. The molecule has 5 rings (SSSR count). The van der Waals surface area contributed by atoms with E-state index >= 15 is 0 Å². The molecule has 0 radical (unpaired) electrons. The monoisotopic (exact) mass is 551 g/mol. The lowest BCUT2D eigenvalue weighted by Crippen LogP contribution is -2.38. The molecule has 0 saturated carbocycles. The number of anilines is 1. The van der Waals surface area contributed by atoms with Crippen molar-refractivity contribution in [1.82, 2.24) is 10.2 Å². The zero-order valence-corrected chi connectivity index (χ0v) is 21.7. The van der Waals surface area contributed by atoms with Crippen molar-refractivity contribution in [2.75, 3.05) is 10.7 Å². The van der Waals surface area contributed by atoms with E-state index < -0.39 is 11.7 Å². The van der Waals surface area contributed by atoms with Crippen LogP contribution < -0.4 is 10.6 Å². The fourth-order valence-corrected chi connectivity index (χ4v) is 6.42. The highest BCUT2D eigenvalue weighted by Crippen LogP contribution is 2.47. The van der Waals surface area contributed by atoms with E-state index in [1.807, 2.05) is 0 Å². The zero-order chi connectivity index (χ0) is 26.1. The number of thioether (sulfide) groups is 1. The summed E-state index contributed by atoms with van der Waals surface area (Å²) in [6.07, 6.45) is 1.42. The van der Waals surface area contributed by atoms with E-state index in [9.17, 15) is 19.2 Å². The number of nitriles is 1. The van der Waals surface area contributed by atoms with Crippen molar-refractivity contribution in [2.45, 2.75) is 29.5 Å². The molecule has 11 heteroatoms. The summed E-state index contributed by atoms with van der Waals surface area (Å²) in [6, 6.07) is 14.9. The summed E-state index contributed by atoms with van der Waals surface area (Å²) in [7, 11) is 0. The molecule has 1 aromatic heterocycles. The second kappa shape index (κ2) is 10.5. The Balaban J connectivity index is 1.48. The predicted octanol–water partition coefficient (Wildman–Crippen LogP) is 5.61. The van der Waals surface area contributed by atoms with Gasteiger partial charge in [-0.15, -0.1) is 10.2 Å². The number of nitrogens with two attached hydrogens (primary N) is 1. The number of allylic oxidation sites excluding steroid dienone is 3. The summed E-state index contributed by atoms with van der Waals surface area (Å²) >= 11 is 8.33. The van der Waals surface area contributed by atoms with Gasteiger partial charge in [-0.3, -0.25) is 14.5 Å². The quantitative estimate of drug-likeness (QED) is 0.310. The number of nitrogens with zero attached hydrogens (tertiary/aromatic N) is 4. The van der Waals surface area contributed by atoms with Gasteiger partial charge < -0.3 is 5.73 Å². The molecule has 2 N–H and O–H groups in total. The van der Waals surface area contributed by atoms with Gasteiger partial charge in [-0.2, -0.15) is 5.26 Å². The molecule has 1 atom stereocenters. The highest BCUT2D eigenvalue weighted by molar-refractivity contribution is 8.01. The summed E-state index contributed by atoms with van der Waals surface area (Å²) in [4.78, 5) is 27.3. The molecule has 2 aromatic carbocycles. The minimum atomic E-state index is -0.885. The summed E-state index contributed by atoms with van der Waals surface area (Å²) in [5.74, 6) is -1.39. The Bertz CT molecular complexity index is 1510. The average Bonchev–Trinajstić information content (AvgIpc) is 3.36. The van der Waals surface area contributed by atoms with Crippen LogP contribution in [0.4, 0.5) is 9.52 Å². The minimum absolute atomic E-state index is 0.0846. The fourth-order valence-electron chi connectivity index (χ4n) is 4.52. The van der Waals surface area contributed by atoms with Gasteiger partial charge in [-0.05, 0) is 43.2 Å². The number of aromatic nitrogens is 2. The van der Waals surface area contributed by atoms with Crippen molar-refractivity contribution in [1.29, 1.82) is 5.26 Å². The van der Waals surface area contributed by atoms with E-state index in [0.717, 1.165) is 0 Å². The van der Waals surface area contributed by atoms with Crippen LogP contribution in [0.5, 0.6) is 0 Å². The fraction of sp³-hybridized carbons (Fsp3) is 0.192. The van der Waals surface area contributed by atoms with Gasteiger partial charge in [-0.25, -0.2) is 4.39 Å². The van der Waals surface area contributed by atoms with Crippen LogP contribution in [-0.2, 0) is 4.79 Å². The maximum absolute atomic E-state index is 14.8. The smallest absolute Gasteiger partial charge is 0.219 e. The third-order valence-corrected chi connectivity index (χ3v) is 8.50. The van der Waals surface area contributed by atoms with Gasteiger partial charge >= 0.3 is 0 Å². The van der Waals surface area contributed by atoms with Crippen molar-refractivity contribution in [3.8, 4) is 6.07 Å². The summed E-state index contributed by atoms with van der Waals surface area (Å²) < 4.78 is 15.4. The number of Topliss-reactive ketones (excluding diaryl/α,β-unsaturated/α-hetero) is 2. The standard InChI is InChI=1S/C26H19ClFN5O2S2/c27-15-10-8-14(9-11-15)21(35)13-36-26-32-31-25(37-26)33-19-6-3-7-20(34)23(19)22(17(12-29)24(33)30)16-4-1-2-5-18(16)28/h1-2,4-5,8-11,22H,3,6-7,13,30H2. The summed E-state index contributed by atoms with van der Waals surface area (Å²) in [6.45, 7) is 0. The van der Waals surface area contributed by atoms with Crippen LogP contribution in [0.25, 0.3) is 0 Å². The molecule has 2 aliphatic rings. The number of ketones is 2. The van der Waals surface area contributed by atoms with E-state index in [-0.39, 0.29) is 34.3 Å². The molecule has 37 heavy (non-hydrogen) atoms. The molecule has 0 bridgehead atoms. The number of hydrogen-bond acceptors (Lipinski definition) is 9. The van der Waals surface area contributed by atoms with Crippen molar-refractivity contribution in [2.24, 2.45) is 5.73 Å². The number of carbonyl (C=O) groups excluding carboxylic acids is 2. The van der Waals surface area contributed by atoms with Crippen molar-refractivity contribution < 1.29 is 14.0 Å². The first-order chi connectivity index (χ1) is 17.9. The van der Waals surface area contributed by atoms with Gasteiger partial charge in [0.15, 0.2) is 15.9 Å². The highest BCUT2D eigenvalue weighted by atomic mass is 35.5. The molecule has 2 heterocycles. The lowest BCUT2D eigenvalue weighted by molar-refractivity contribution is -0.116. The number of carbonyl (C=O) groups is 2. The molecule has 1 aliphatic heterocycles. The van der Waals surface area contributed by atoms with Crippen LogP contribution in [-0.4, -0.2) is 27.5 Å². The van der Waals surface area contributed by atoms with Crippen LogP contribution >= 0.6 is 34.7 Å². The van der Waals surface area contributed by atoms with Crippen LogP contribution in [0.2, 0.25) is 5.02 Å². The lowest BCUT2D eigenvalue weighted by Gasteiger charge is -2.38. The second-order valence-electron chi connectivity index (χ2n) is 8.41. The van der Waals surface area contributed by atoms with E-state index in [1.165, 1.54) is 29.2 Å². The van der Waals surface area contributed by atoms with E-state index in [2.05, 4.69) is 16.3 Å². The summed E-state index contributed by atoms with van der Waals surface area (Å²) in [5.41, 5.74) is 8.33. The van der Waals surface area contributed by atoms with E-state index in [0.29, 0.717) is 50.6 Å². The molecule has 1 unspecified atom stereocenters. The van der Waals surface area contributed by atoms with Crippen LogP contribution in [0.15, 0.2) is 75.5 Å². The largest absolute Gasteiger partial charge is 0.384 e. The molecular weight excluding hydrogens is 533 g/mol. The molecule has 0 amide bonds. The van der Waals surface area contributed by atoms with Crippen LogP contribution in [0.1, 0.15) is 41.1 Å². The van der Waals surface area contributed by atoms with E-state index in [4.69, 9.17) is 17.3 Å². The van der Waals surface area contributed by atoms with Crippen LogP contribution in [0.3, 0.4) is 0 Å². The Morgan fingerprint density at radius 2 is 1.97 bits per heavy atom. The van der Waals surface area contributed by atoms with Gasteiger partial charge in [0.1, 0.15) is 11.6 Å². The van der Waals surface area contributed by atoms with Gasteiger partial charge in [0.25, 0.3) is 0 Å². The Morgan fingerprint density at radius 3 is 2.70 bits per heavy atom. The topological polar surface area (TPSA) is 113 Å². The molecule has 1 aliphatic carbocycles. The first-order valence-corrected chi connectivity index (χ1v) is 13.5. The SMILES string of the molecule is N#CC1=C(N)N(c2nnc(SCC(=O)c3ccc(Cl)cc3)s2)C2=C(C(=O)CCC2)C1c1ccccc1F. The zero-order valence-electron chi connectivity index (χ0n) is 19.3. The molecule has 0 saturated heterocycles. The van der Waals surface area contributed by atoms with Crippen molar-refractivity contribution >= 4 is 51.4 Å². The average molecular weight is 552 g/mol. The van der Waals surface area contributed by atoms with Crippen molar-refractivity contribution in [3.05, 3.63) is 93.2 Å². The number of hydrogen-bond donors (Lipinski definition) is 1. The Morgan fingerprint density at radius 1 is 1.22 bits per heavy atom. The Kier molecular flexibility index (Phi) is 7.11. The predicted molar refractivity (Wildman–Crippen MR) is 141 cm³/mol. The minimum Gasteiger partial charge on any atom is -0.384 e. The maximum Gasteiger partial charge on any atom is 0.219 e. The molecule has 0 fully saturated rings. The van der Waals surface area contributed by atoms with Gasteiger partial charge in [0.2, 0.25) is 5.13 Å². The lowest BCUT2D eigenvalue weighted by atomic mass is 9.75. The Hall–Kier alpha value is -3.52. The molecular formula is C26H19ClFN5O2S2. The van der Waals surface area contributed by atoms with Gasteiger partial charge in [-0.1, -0.05) is 52.9 Å². The highest BCUT2D eigenvalue weighted by Gasteiger charge is 2.42. The molecule has 7 nitrogen and oxygen atoms in total. The third kappa shape index (κ3) is 4.78. The van der Waals surface area contributed by atoms with Crippen LogP contribution in [0, 0.1) is 17.1 Å².